The molecule has 0 aliphatic rings. The lowest BCUT2D eigenvalue weighted by atomic mass is 10.0. The van der Waals surface area contributed by atoms with Crippen LogP contribution in [-0.2, 0) is 4.43 Å². The Balaban J connectivity index is 4.03. The summed E-state index contributed by atoms with van der Waals surface area (Å²) in [5.74, 6) is 0. The normalized spacial score (nSPS) is 12.1. The quantitative estimate of drug-likeness (QED) is 0.287. The van der Waals surface area contributed by atoms with Gasteiger partial charge in [0.25, 0.3) is 0 Å². The molecule has 0 unspecified atom stereocenters. The van der Waals surface area contributed by atoms with E-state index in [-0.39, 0.29) is 0 Å². The van der Waals surface area contributed by atoms with Crippen molar-refractivity contribution in [2.45, 2.75) is 97.3 Å². The molecule has 2 heteroatoms. The first-order valence-corrected chi connectivity index (χ1v) is 11.4. The van der Waals surface area contributed by atoms with Gasteiger partial charge in [-0.25, -0.2) is 0 Å². The third-order valence-corrected chi connectivity index (χ3v) is 5.65. The highest BCUT2D eigenvalue weighted by Gasteiger charge is 2.22. The second-order valence-corrected chi connectivity index (χ2v) is 10.1. The van der Waals surface area contributed by atoms with Crippen LogP contribution in [0.15, 0.2) is 12.3 Å². The van der Waals surface area contributed by atoms with Gasteiger partial charge < -0.3 is 4.43 Å². The maximum atomic E-state index is 6.37. The van der Waals surface area contributed by atoms with Gasteiger partial charge in [0.1, 0.15) is 0 Å². The molecular formula is C17H36OSi. The zero-order chi connectivity index (χ0) is 14.6. The molecule has 0 aliphatic heterocycles. The van der Waals surface area contributed by atoms with Crippen molar-refractivity contribution in [2.24, 2.45) is 0 Å². The van der Waals surface area contributed by atoms with Crippen molar-refractivity contribution >= 4 is 8.32 Å². The number of unbranched alkanes of at least 4 members (excludes halogenated alkanes) is 6. The molecule has 1 nitrogen and oxygen atoms in total. The number of hydrogen-bond acceptors (Lipinski definition) is 1. The summed E-state index contributed by atoms with van der Waals surface area (Å²) in [5.41, 5.74) is 2.07. The molecule has 0 aliphatic carbocycles. The smallest absolute Gasteiger partial charge is 0.210 e. The predicted octanol–water partition coefficient (Wildman–Crippen LogP) is 6.24. The fraction of sp³-hybridized carbons (Fsp3) is 0.882. The third kappa shape index (κ3) is 11.4. The SMILES string of the molecule is C=C[Si](C)(C)OC(CCCCCC)CCCCCC. The lowest BCUT2D eigenvalue weighted by Gasteiger charge is -2.27. The summed E-state index contributed by atoms with van der Waals surface area (Å²) >= 11 is 0. The van der Waals surface area contributed by atoms with E-state index in [9.17, 15) is 0 Å². The summed E-state index contributed by atoms with van der Waals surface area (Å²) in [6.45, 7) is 13.0. The van der Waals surface area contributed by atoms with Crippen molar-refractivity contribution in [3.05, 3.63) is 12.3 Å². The standard InChI is InChI=1S/C17H36OSi/c1-6-9-11-13-15-17(16-14-12-10-7-2)18-19(4,5)8-3/h8,17H,3,6-7,9-16H2,1-2,4-5H3. The Morgan fingerprint density at radius 1 is 0.895 bits per heavy atom. The van der Waals surface area contributed by atoms with Gasteiger partial charge in [-0.1, -0.05) is 70.9 Å². The first-order chi connectivity index (χ1) is 9.05. The molecule has 0 atom stereocenters. The van der Waals surface area contributed by atoms with E-state index in [1.807, 2.05) is 0 Å². The molecule has 0 fully saturated rings. The summed E-state index contributed by atoms with van der Waals surface area (Å²) in [6, 6.07) is 0. The van der Waals surface area contributed by atoms with E-state index < -0.39 is 8.32 Å². The molecule has 0 rings (SSSR count). The van der Waals surface area contributed by atoms with Crippen LogP contribution in [0, 0.1) is 0 Å². The largest absolute Gasteiger partial charge is 0.411 e. The van der Waals surface area contributed by atoms with Gasteiger partial charge >= 0.3 is 0 Å². The third-order valence-electron chi connectivity index (χ3n) is 3.72. The Labute approximate surface area is 123 Å². The monoisotopic (exact) mass is 284 g/mol. The van der Waals surface area contributed by atoms with E-state index in [1.165, 1.54) is 64.2 Å². The van der Waals surface area contributed by atoms with Crippen LogP contribution in [0.4, 0.5) is 0 Å². The average molecular weight is 285 g/mol. The van der Waals surface area contributed by atoms with Gasteiger partial charge in [-0.3, -0.25) is 0 Å². The molecule has 0 saturated carbocycles. The minimum Gasteiger partial charge on any atom is -0.411 e. The molecule has 114 valence electrons. The van der Waals surface area contributed by atoms with Crippen molar-refractivity contribution in [3.8, 4) is 0 Å². The molecule has 0 spiro atoms. The highest BCUT2D eigenvalue weighted by atomic mass is 28.4. The highest BCUT2D eigenvalue weighted by Crippen LogP contribution is 2.20. The van der Waals surface area contributed by atoms with Crippen molar-refractivity contribution in [1.82, 2.24) is 0 Å². The van der Waals surface area contributed by atoms with E-state index >= 15 is 0 Å². The van der Waals surface area contributed by atoms with Gasteiger partial charge in [-0.05, 0) is 25.9 Å². The Morgan fingerprint density at radius 3 is 1.74 bits per heavy atom. The zero-order valence-corrected chi connectivity index (χ0v) is 14.8. The minimum atomic E-state index is -1.61. The van der Waals surface area contributed by atoms with Crippen LogP contribution in [0.5, 0.6) is 0 Å². The van der Waals surface area contributed by atoms with E-state index in [4.69, 9.17) is 4.43 Å². The van der Waals surface area contributed by atoms with Gasteiger partial charge in [-0.2, -0.15) is 0 Å². The highest BCUT2D eigenvalue weighted by molar-refractivity contribution is 6.76. The van der Waals surface area contributed by atoms with Crippen LogP contribution in [0.25, 0.3) is 0 Å². The second-order valence-electron chi connectivity index (χ2n) is 6.25. The first-order valence-electron chi connectivity index (χ1n) is 8.37. The number of hydrogen-bond donors (Lipinski definition) is 0. The molecule has 0 amide bonds. The van der Waals surface area contributed by atoms with Gasteiger partial charge in [0, 0.05) is 6.10 Å². The van der Waals surface area contributed by atoms with Crippen LogP contribution in [0.3, 0.4) is 0 Å². The molecule has 19 heavy (non-hydrogen) atoms. The second kappa shape index (κ2) is 11.7. The minimum absolute atomic E-state index is 0.480. The Hall–Kier alpha value is -0.0831. The van der Waals surface area contributed by atoms with Crippen LogP contribution in [-0.4, -0.2) is 14.4 Å². The van der Waals surface area contributed by atoms with Crippen molar-refractivity contribution < 1.29 is 4.43 Å². The van der Waals surface area contributed by atoms with Crippen LogP contribution in [0.1, 0.15) is 78.1 Å². The lowest BCUT2D eigenvalue weighted by Crippen LogP contribution is -2.33. The zero-order valence-electron chi connectivity index (χ0n) is 13.8. The van der Waals surface area contributed by atoms with E-state index in [0.29, 0.717) is 6.10 Å². The Morgan fingerprint density at radius 2 is 1.37 bits per heavy atom. The van der Waals surface area contributed by atoms with Gasteiger partial charge in [0.2, 0.25) is 8.32 Å². The van der Waals surface area contributed by atoms with E-state index in [0.717, 1.165) is 0 Å². The number of rotatable bonds is 13. The topological polar surface area (TPSA) is 9.23 Å². The molecule has 0 N–H and O–H groups in total. The fourth-order valence-electron chi connectivity index (χ4n) is 2.34. The summed E-state index contributed by atoms with van der Waals surface area (Å²) in [4.78, 5) is 0. The molecule has 0 aromatic carbocycles. The van der Waals surface area contributed by atoms with Crippen LogP contribution in [0.2, 0.25) is 13.1 Å². The molecule has 0 aromatic rings. The van der Waals surface area contributed by atoms with Crippen molar-refractivity contribution in [1.29, 1.82) is 0 Å². The Kier molecular flexibility index (Phi) is 11.7. The molecule has 0 radical (unpaired) electrons. The molecule has 0 heterocycles. The Bertz CT molecular complexity index is 201. The van der Waals surface area contributed by atoms with Crippen LogP contribution >= 0.6 is 0 Å². The predicted molar refractivity (Wildman–Crippen MR) is 90.1 cm³/mol. The summed E-state index contributed by atoms with van der Waals surface area (Å²) in [5, 5.41) is 0. The fourth-order valence-corrected chi connectivity index (χ4v) is 3.53. The van der Waals surface area contributed by atoms with E-state index in [2.05, 4.69) is 39.2 Å². The average Bonchev–Trinajstić information content (AvgIpc) is 2.39. The summed E-state index contributed by atoms with van der Waals surface area (Å²) in [7, 11) is -1.61. The lowest BCUT2D eigenvalue weighted by molar-refractivity contribution is 0.167. The van der Waals surface area contributed by atoms with Crippen LogP contribution < -0.4 is 0 Å². The molecule has 0 saturated heterocycles. The van der Waals surface area contributed by atoms with E-state index in [1.54, 1.807) is 0 Å². The summed E-state index contributed by atoms with van der Waals surface area (Å²) < 4.78 is 6.37. The molecule has 0 aromatic heterocycles. The van der Waals surface area contributed by atoms with Crippen molar-refractivity contribution in [2.75, 3.05) is 0 Å². The molecular weight excluding hydrogens is 248 g/mol. The summed E-state index contributed by atoms with van der Waals surface area (Å²) in [6.07, 6.45) is 13.7. The maximum absolute atomic E-state index is 6.37. The van der Waals surface area contributed by atoms with Gasteiger partial charge in [0.15, 0.2) is 0 Å². The van der Waals surface area contributed by atoms with Gasteiger partial charge in [0.05, 0.1) is 0 Å². The van der Waals surface area contributed by atoms with Gasteiger partial charge in [-0.15, -0.1) is 6.58 Å². The first kappa shape index (κ1) is 18.9. The molecule has 0 bridgehead atoms. The van der Waals surface area contributed by atoms with Crippen molar-refractivity contribution in [3.63, 3.8) is 0 Å². The maximum Gasteiger partial charge on any atom is 0.210 e.